The number of rotatable bonds is 2. The van der Waals surface area contributed by atoms with Crippen LogP contribution >= 0.6 is 0 Å². The van der Waals surface area contributed by atoms with Gasteiger partial charge in [-0.2, -0.15) is 0 Å². The molecule has 0 atom stereocenters. The second-order valence-corrected chi connectivity index (χ2v) is 6.34. The number of sulfone groups is 1. The fourth-order valence-electron chi connectivity index (χ4n) is 1.42. The highest BCUT2D eigenvalue weighted by Crippen LogP contribution is 2.34. The normalized spacial score (nSPS) is 12.8. The number of phenolic OH excluding ortho intramolecular Hbond substituents is 1. The minimum Gasteiger partial charge on any atom is -0.505 e. The van der Waals surface area contributed by atoms with Gasteiger partial charge in [-0.25, -0.2) is 17.2 Å². The summed E-state index contributed by atoms with van der Waals surface area (Å²) in [5, 5.41) is 9.52. The van der Waals surface area contributed by atoms with Gasteiger partial charge in [0.2, 0.25) is 0 Å². The molecular formula is C10H13F2NO3S. The summed E-state index contributed by atoms with van der Waals surface area (Å²) in [5.74, 6) is -3.73. The Labute approximate surface area is 98.0 Å². The zero-order valence-corrected chi connectivity index (χ0v) is 10.4. The quantitative estimate of drug-likeness (QED) is 0.843. The van der Waals surface area contributed by atoms with E-state index in [0.717, 1.165) is 6.07 Å². The molecule has 0 bridgehead atoms. The van der Waals surface area contributed by atoms with Crippen molar-refractivity contribution in [3.05, 3.63) is 23.3 Å². The van der Waals surface area contributed by atoms with Crippen LogP contribution in [0.1, 0.15) is 19.4 Å². The van der Waals surface area contributed by atoms with E-state index in [9.17, 15) is 22.3 Å². The van der Waals surface area contributed by atoms with E-state index in [1.807, 2.05) is 0 Å². The molecule has 0 amide bonds. The fraction of sp³-hybridized carbons (Fsp3) is 0.400. The molecule has 4 nitrogen and oxygen atoms in total. The van der Waals surface area contributed by atoms with Crippen LogP contribution in [-0.4, -0.2) is 19.8 Å². The molecule has 0 saturated heterocycles. The summed E-state index contributed by atoms with van der Waals surface area (Å²) in [4.78, 5) is -1.15. The van der Waals surface area contributed by atoms with Crippen molar-refractivity contribution in [2.45, 2.75) is 24.3 Å². The standard InChI is InChI=1S/C10H13F2NO3S/c1-10(2,13)5-4-6(11)9(17(3,15)16)7(12)8(5)14/h4,14H,13H2,1-3H3. The van der Waals surface area contributed by atoms with Gasteiger partial charge < -0.3 is 10.8 Å². The molecule has 1 aromatic rings. The second kappa shape index (κ2) is 3.92. The predicted octanol–water partition coefficient (Wildman–Crippen LogP) is 1.27. The van der Waals surface area contributed by atoms with Gasteiger partial charge in [-0.3, -0.25) is 0 Å². The van der Waals surface area contributed by atoms with E-state index in [4.69, 9.17) is 5.73 Å². The van der Waals surface area contributed by atoms with Crippen molar-refractivity contribution >= 4 is 9.84 Å². The van der Waals surface area contributed by atoms with Gasteiger partial charge in [-0.1, -0.05) is 0 Å². The highest BCUT2D eigenvalue weighted by molar-refractivity contribution is 7.90. The van der Waals surface area contributed by atoms with E-state index in [2.05, 4.69) is 0 Å². The van der Waals surface area contributed by atoms with E-state index in [1.54, 1.807) is 0 Å². The molecule has 1 aromatic carbocycles. The number of hydrogen-bond donors (Lipinski definition) is 2. The van der Waals surface area contributed by atoms with Crippen molar-refractivity contribution in [2.75, 3.05) is 6.26 Å². The number of benzene rings is 1. The maximum atomic E-state index is 13.6. The summed E-state index contributed by atoms with van der Waals surface area (Å²) in [5.41, 5.74) is 4.22. The molecule has 0 aliphatic heterocycles. The Bertz CT molecular complexity index is 562. The van der Waals surface area contributed by atoms with Crippen molar-refractivity contribution in [3.8, 4) is 5.75 Å². The molecule has 0 unspecified atom stereocenters. The lowest BCUT2D eigenvalue weighted by atomic mass is 9.94. The molecular weight excluding hydrogens is 252 g/mol. The van der Waals surface area contributed by atoms with Gasteiger partial charge >= 0.3 is 0 Å². The molecule has 0 spiro atoms. The summed E-state index contributed by atoms with van der Waals surface area (Å²) >= 11 is 0. The minimum absolute atomic E-state index is 0.195. The second-order valence-electron chi connectivity index (χ2n) is 4.39. The third-order valence-corrected chi connectivity index (χ3v) is 3.33. The molecule has 0 aromatic heterocycles. The van der Waals surface area contributed by atoms with Crippen molar-refractivity contribution < 1.29 is 22.3 Å². The third kappa shape index (κ3) is 2.55. The van der Waals surface area contributed by atoms with Crippen LogP contribution in [0, 0.1) is 11.6 Å². The van der Waals surface area contributed by atoms with Crippen molar-refractivity contribution in [3.63, 3.8) is 0 Å². The number of phenols is 1. The highest BCUT2D eigenvalue weighted by Gasteiger charge is 2.29. The van der Waals surface area contributed by atoms with Crippen LogP contribution < -0.4 is 5.73 Å². The topological polar surface area (TPSA) is 80.4 Å². The molecule has 0 radical (unpaired) electrons. The summed E-state index contributed by atoms with van der Waals surface area (Å²) in [6.07, 6.45) is 0.654. The lowest BCUT2D eigenvalue weighted by molar-refractivity contribution is 0.387. The molecule has 17 heavy (non-hydrogen) atoms. The van der Waals surface area contributed by atoms with E-state index < -0.39 is 37.7 Å². The van der Waals surface area contributed by atoms with Gasteiger partial charge in [-0.05, 0) is 19.9 Å². The molecule has 96 valence electrons. The van der Waals surface area contributed by atoms with Crippen LogP contribution in [0.15, 0.2) is 11.0 Å². The highest BCUT2D eigenvalue weighted by atomic mass is 32.2. The maximum absolute atomic E-state index is 13.6. The van der Waals surface area contributed by atoms with E-state index in [0.29, 0.717) is 6.26 Å². The third-order valence-electron chi connectivity index (χ3n) is 2.22. The number of aromatic hydroxyl groups is 1. The minimum atomic E-state index is -4.10. The lowest BCUT2D eigenvalue weighted by Crippen LogP contribution is -2.29. The Morgan fingerprint density at radius 2 is 1.82 bits per heavy atom. The van der Waals surface area contributed by atoms with Crippen LogP contribution in [0.25, 0.3) is 0 Å². The molecule has 1 rings (SSSR count). The maximum Gasteiger partial charge on any atom is 0.186 e. The Morgan fingerprint density at radius 1 is 1.35 bits per heavy atom. The molecule has 0 aliphatic rings. The van der Waals surface area contributed by atoms with Gasteiger partial charge in [-0.15, -0.1) is 0 Å². The molecule has 0 aliphatic carbocycles. The van der Waals surface area contributed by atoms with Gasteiger partial charge in [0.15, 0.2) is 21.4 Å². The van der Waals surface area contributed by atoms with Gasteiger partial charge in [0.05, 0.1) is 0 Å². The first-order valence-electron chi connectivity index (χ1n) is 4.66. The van der Waals surface area contributed by atoms with E-state index in [-0.39, 0.29) is 5.56 Å². The van der Waals surface area contributed by atoms with Crippen molar-refractivity contribution in [1.82, 2.24) is 0 Å². The smallest absolute Gasteiger partial charge is 0.186 e. The molecule has 0 fully saturated rings. The van der Waals surface area contributed by atoms with Gasteiger partial charge in [0, 0.05) is 17.4 Å². The summed E-state index contributed by atoms with van der Waals surface area (Å²) in [6.45, 7) is 2.86. The van der Waals surface area contributed by atoms with Crippen LogP contribution in [0.4, 0.5) is 8.78 Å². The van der Waals surface area contributed by atoms with Crippen molar-refractivity contribution in [2.24, 2.45) is 5.73 Å². The zero-order valence-electron chi connectivity index (χ0n) is 9.58. The Balaban J connectivity index is 3.72. The summed E-state index contributed by atoms with van der Waals surface area (Å²) in [6, 6.07) is 0.731. The van der Waals surface area contributed by atoms with Crippen LogP contribution in [0.2, 0.25) is 0 Å². The number of hydrogen-bond acceptors (Lipinski definition) is 4. The van der Waals surface area contributed by atoms with E-state index in [1.165, 1.54) is 13.8 Å². The fourth-order valence-corrected chi connectivity index (χ4v) is 2.26. The molecule has 0 heterocycles. The van der Waals surface area contributed by atoms with Gasteiger partial charge in [0.1, 0.15) is 10.7 Å². The largest absolute Gasteiger partial charge is 0.505 e. The Hall–Kier alpha value is -1.21. The monoisotopic (exact) mass is 265 g/mol. The zero-order chi connectivity index (χ0) is 13.6. The van der Waals surface area contributed by atoms with Gasteiger partial charge in [0.25, 0.3) is 0 Å². The predicted molar refractivity (Wildman–Crippen MR) is 58.3 cm³/mol. The number of nitrogens with two attached hydrogens (primary N) is 1. The van der Waals surface area contributed by atoms with E-state index >= 15 is 0 Å². The Morgan fingerprint density at radius 3 is 2.18 bits per heavy atom. The first kappa shape index (κ1) is 13.9. The first-order chi connectivity index (χ1) is 7.46. The summed E-state index contributed by atoms with van der Waals surface area (Å²) < 4.78 is 49.5. The SMILES string of the molecule is CC(C)(N)c1cc(F)c(S(C)(=O)=O)c(F)c1O. The van der Waals surface area contributed by atoms with Crippen molar-refractivity contribution in [1.29, 1.82) is 0 Å². The van der Waals surface area contributed by atoms with Crippen LogP contribution in [0.5, 0.6) is 5.75 Å². The average Bonchev–Trinajstić information content (AvgIpc) is 2.07. The Kier molecular flexibility index (Phi) is 3.19. The van der Waals surface area contributed by atoms with Crippen LogP contribution in [0.3, 0.4) is 0 Å². The average molecular weight is 265 g/mol. The molecule has 3 N–H and O–H groups in total. The number of halogens is 2. The molecule has 0 saturated carbocycles. The first-order valence-corrected chi connectivity index (χ1v) is 6.55. The van der Waals surface area contributed by atoms with Crippen LogP contribution in [-0.2, 0) is 15.4 Å². The lowest BCUT2D eigenvalue weighted by Gasteiger charge is -2.21. The summed E-state index contributed by atoms with van der Waals surface area (Å²) in [7, 11) is -4.10. The molecule has 7 heteroatoms.